The maximum absolute atomic E-state index is 13.3. The van der Waals surface area contributed by atoms with Crippen LogP contribution in [0.5, 0.6) is 0 Å². The highest BCUT2D eigenvalue weighted by Crippen LogP contribution is 2.59. The molecule has 1 heterocycles. The largest absolute Gasteiger partial charge is 0.294 e. The van der Waals surface area contributed by atoms with E-state index >= 15 is 0 Å². The lowest BCUT2D eigenvalue weighted by Gasteiger charge is -2.22. The molecule has 118 valence electrons. The predicted octanol–water partition coefficient (Wildman–Crippen LogP) is 4.32. The fraction of sp³-hybridized carbons (Fsp3) is 0.273. The van der Waals surface area contributed by atoms with Crippen LogP contribution in [0.15, 0.2) is 60.7 Å². The number of fused-ring (bicyclic) bond motifs is 5. The number of rotatable bonds is 2. The van der Waals surface area contributed by atoms with E-state index in [1.54, 1.807) is 0 Å². The molecule has 1 fully saturated rings. The number of allylic oxidation sites excluding steroid dienone is 4. The number of carbonyl (C=O) groups is 1. The highest BCUT2D eigenvalue weighted by atomic mass is 16.1. The first-order valence-electron chi connectivity index (χ1n) is 8.70. The van der Waals surface area contributed by atoms with Crippen molar-refractivity contribution in [1.82, 2.24) is 4.98 Å². The van der Waals surface area contributed by atoms with Crippen LogP contribution in [0.25, 0.3) is 11.1 Å². The first kappa shape index (κ1) is 13.9. The van der Waals surface area contributed by atoms with Crippen molar-refractivity contribution in [3.63, 3.8) is 0 Å². The number of Topliss-reactive ketones (excluding diaryl/α,β-unsaturated/α-hetero) is 1. The summed E-state index contributed by atoms with van der Waals surface area (Å²) in [6.45, 7) is 2.02. The molecule has 2 bridgehead atoms. The summed E-state index contributed by atoms with van der Waals surface area (Å²) in [5.41, 5.74) is 5.10. The molecule has 3 aliphatic rings. The van der Waals surface area contributed by atoms with Crippen LogP contribution in [-0.4, -0.2) is 10.8 Å². The molecule has 0 amide bonds. The van der Waals surface area contributed by atoms with Gasteiger partial charge in [0, 0.05) is 23.1 Å². The van der Waals surface area contributed by atoms with Crippen LogP contribution >= 0.6 is 0 Å². The summed E-state index contributed by atoms with van der Waals surface area (Å²) in [6.07, 6.45) is 5.71. The molecule has 1 aromatic carbocycles. The van der Waals surface area contributed by atoms with Gasteiger partial charge < -0.3 is 0 Å². The van der Waals surface area contributed by atoms with Gasteiger partial charge in [-0.3, -0.25) is 9.78 Å². The van der Waals surface area contributed by atoms with E-state index in [9.17, 15) is 4.79 Å². The van der Waals surface area contributed by atoms with Crippen LogP contribution in [0.1, 0.15) is 23.4 Å². The molecule has 24 heavy (non-hydrogen) atoms. The van der Waals surface area contributed by atoms with Crippen molar-refractivity contribution in [3.05, 3.63) is 77.6 Å². The monoisotopic (exact) mass is 313 g/mol. The number of pyridine rings is 1. The molecule has 4 atom stereocenters. The Bertz CT molecular complexity index is 893. The third-order valence-corrected chi connectivity index (χ3v) is 5.84. The lowest BCUT2D eigenvalue weighted by molar-refractivity contribution is -0.117. The minimum absolute atomic E-state index is 0.118. The summed E-state index contributed by atoms with van der Waals surface area (Å²) in [4.78, 5) is 18.1. The van der Waals surface area contributed by atoms with E-state index in [0.29, 0.717) is 23.5 Å². The number of aryl methyl sites for hydroxylation is 1. The normalized spacial score (nSPS) is 30.3. The van der Waals surface area contributed by atoms with Gasteiger partial charge in [-0.1, -0.05) is 48.6 Å². The zero-order valence-electron chi connectivity index (χ0n) is 13.6. The molecule has 0 saturated heterocycles. The predicted molar refractivity (Wildman–Crippen MR) is 95.0 cm³/mol. The molecule has 0 unspecified atom stereocenters. The van der Waals surface area contributed by atoms with Gasteiger partial charge in [0.15, 0.2) is 5.78 Å². The minimum Gasteiger partial charge on any atom is -0.294 e. The molecule has 2 aromatic rings. The first-order valence-corrected chi connectivity index (χ1v) is 8.70. The van der Waals surface area contributed by atoms with Crippen LogP contribution in [0, 0.1) is 30.6 Å². The molecule has 0 N–H and O–H groups in total. The summed E-state index contributed by atoms with van der Waals surface area (Å²) in [6, 6.07) is 16.3. The molecule has 2 heteroatoms. The number of nitrogens with zero attached hydrogens (tertiary/aromatic N) is 1. The topological polar surface area (TPSA) is 30.0 Å². The second kappa shape index (κ2) is 5.01. The van der Waals surface area contributed by atoms with E-state index in [4.69, 9.17) is 4.98 Å². The summed E-state index contributed by atoms with van der Waals surface area (Å²) in [5.74, 6) is 1.64. The fourth-order valence-corrected chi connectivity index (χ4v) is 4.93. The van der Waals surface area contributed by atoms with E-state index in [-0.39, 0.29) is 5.92 Å². The number of aromatic nitrogens is 1. The second-order valence-electron chi connectivity index (χ2n) is 7.18. The van der Waals surface area contributed by atoms with Crippen LogP contribution in [0.4, 0.5) is 0 Å². The first-order chi connectivity index (χ1) is 11.7. The van der Waals surface area contributed by atoms with Gasteiger partial charge in [0.2, 0.25) is 0 Å². The van der Waals surface area contributed by atoms with Crippen molar-refractivity contribution >= 4 is 16.9 Å². The Morgan fingerprint density at radius 1 is 0.917 bits per heavy atom. The van der Waals surface area contributed by atoms with E-state index in [1.165, 1.54) is 5.57 Å². The Kier molecular flexibility index (Phi) is 2.90. The van der Waals surface area contributed by atoms with Crippen LogP contribution in [-0.2, 0) is 4.79 Å². The van der Waals surface area contributed by atoms with Crippen LogP contribution in [0.3, 0.4) is 0 Å². The Labute approximate surface area is 141 Å². The average Bonchev–Trinajstić information content (AvgIpc) is 3.28. The van der Waals surface area contributed by atoms with Gasteiger partial charge in [0.05, 0.1) is 5.69 Å². The molecule has 0 radical (unpaired) electrons. The Hall–Kier alpha value is -2.48. The van der Waals surface area contributed by atoms with E-state index in [2.05, 4.69) is 30.4 Å². The van der Waals surface area contributed by atoms with Crippen molar-refractivity contribution in [2.24, 2.45) is 23.7 Å². The zero-order valence-corrected chi connectivity index (χ0v) is 13.6. The van der Waals surface area contributed by atoms with Gasteiger partial charge in [-0.05, 0) is 48.4 Å². The Balaban J connectivity index is 1.76. The lowest BCUT2D eigenvalue weighted by Crippen LogP contribution is -2.22. The zero-order chi connectivity index (χ0) is 16.3. The third kappa shape index (κ3) is 1.83. The minimum atomic E-state index is 0.118. The smallest absolute Gasteiger partial charge is 0.168 e. The van der Waals surface area contributed by atoms with Crippen molar-refractivity contribution in [3.8, 4) is 0 Å². The summed E-state index contributed by atoms with van der Waals surface area (Å²) >= 11 is 0. The maximum Gasteiger partial charge on any atom is 0.168 e. The van der Waals surface area contributed by atoms with Gasteiger partial charge in [-0.15, -0.1) is 0 Å². The standard InChI is InChI=1S/C22H19NO/c1-13-6-5-9-17(23-13)21-18-15-10-11-16(12-15)20(18)22(24)19(21)14-7-3-2-4-8-14/h2-11,15-16,18,20H,12H2,1H3/t15-,16+,18+,20-/m1/s1. The van der Waals surface area contributed by atoms with Crippen molar-refractivity contribution in [1.29, 1.82) is 0 Å². The number of ketones is 1. The van der Waals surface area contributed by atoms with Crippen molar-refractivity contribution in [2.45, 2.75) is 13.3 Å². The van der Waals surface area contributed by atoms with E-state index in [1.807, 2.05) is 37.3 Å². The van der Waals surface area contributed by atoms with Crippen LogP contribution in [0.2, 0.25) is 0 Å². The molecule has 1 saturated carbocycles. The van der Waals surface area contributed by atoms with Gasteiger partial charge in [-0.25, -0.2) is 0 Å². The van der Waals surface area contributed by atoms with Gasteiger partial charge in [0.25, 0.3) is 0 Å². The molecule has 1 aromatic heterocycles. The average molecular weight is 313 g/mol. The van der Waals surface area contributed by atoms with Gasteiger partial charge in [0.1, 0.15) is 0 Å². The molecule has 0 aliphatic heterocycles. The lowest BCUT2D eigenvalue weighted by atomic mass is 9.81. The quantitative estimate of drug-likeness (QED) is 0.773. The Morgan fingerprint density at radius 3 is 2.42 bits per heavy atom. The molecular formula is C22H19NO. The Morgan fingerprint density at radius 2 is 1.67 bits per heavy atom. The number of benzene rings is 1. The maximum atomic E-state index is 13.3. The summed E-state index contributed by atoms with van der Waals surface area (Å²) in [5, 5.41) is 0. The number of carbonyl (C=O) groups excluding carboxylic acids is 1. The SMILES string of the molecule is Cc1cccc(C2=C(c3ccccc3)C(=O)[C@H]3[C@@H]2[C@@H]2C=C[C@H]3C2)n1. The highest BCUT2D eigenvalue weighted by molar-refractivity contribution is 6.32. The summed E-state index contributed by atoms with van der Waals surface area (Å²) in [7, 11) is 0. The molecule has 0 spiro atoms. The molecular weight excluding hydrogens is 294 g/mol. The molecule has 3 aliphatic carbocycles. The van der Waals surface area contributed by atoms with E-state index in [0.717, 1.165) is 28.9 Å². The van der Waals surface area contributed by atoms with E-state index < -0.39 is 0 Å². The highest BCUT2D eigenvalue weighted by Gasteiger charge is 2.55. The van der Waals surface area contributed by atoms with Gasteiger partial charge >= 0.3 is 0 Å². The second-order valence-corrected chi connectivity index (χ2v) is 7.18. The fourth-order valence-electron chi connectivity index (χ4n) is 4.93. The van der Waals surface area contributed by atoms with Crippen molar-refractivity contribution < 1.29 is 4.79 Å². The van der Waals surface area contributed by atoms with Crippen LogP contribution < -0.4 is 0 Å². The number of hydrogen-bond acceptors (Lipinski definition) is 2. The molecule has 2 nitrogen and oxygen atoms in total. The summed E-state index contributed by atoms with van der Waals surface area (Å²) < 4.78 is 0. The molecule has 5 rings (SSSR count). The van der Waals surface area contributed by atoms with Crippen molar-refractivity contribution in [2.75, 3.05) is 0 Å². The third-order valence-electron chi connectivity index (χ3n) is 5.84. The van der Waals surface area contributed by atoms with Gasteiger partial charge in [-0.2, -0.15) is 0 Å². The number of hydrogen-bond donors (Lipinski definition) is 0.